The average molecular weight is 239 g/mol. The molecule has 2 atom stereocenters. The highest BCUT2D eigenvalue weighted by Crippen LogP contribution is 2.16. The predicted octanol–water partition coefficient (Wildman–Crippen LogP) is 0.681. The third-order valence-corrected chi connectivity index (χ3v) is 4.10. The van der Waals surface area contributed by atoms with Gasteiger partial charge in [-0.1, -0.05) is 6.42 Å². The molecule has 4 nitrogen and oxygen atoms in total. The lowest BCUT2D eigenvalue weighted by Gasteiger charge is -2.38. The summed E-state index contributed by atoms with van der Waals surface area (Å²) < 4.78 is 0. The Kier molecular flexibility index (Phi) is 4.40. The van der Waals surface area contributed by atoms with E-state index in [0.29, 0.717) is 11.9 Å². The standard InChI is InChI=1S/C13H25N3O/c1-15-9-5-6-11(10-15)16(2)13(17)12-7-3-4-8-14-12/h11-12,14H,3-10H2,1-2H3/t11?,12-/m0/s1. The smallest absolute Gasteiger partial charge is 0.239 e. The number of likely N-dealkylation sites (tertiary alicyclic amines) is 1. The lowest BCUT2D eigenvalue weighted by atomic mass is 10.0. The molecule has 2 aliphatic rings. The second-order valence-corrected chi connectivity index (χ2v) is 5.51. The summed E-state index contributed by atoms with van der Waals surface area (Å²) in [4.78, 5) is 16.7. The van der Waals surface area contributed by atoms with Crippen molar-refractivity contribution in [3.05, 3.63) is 0 Å². The molecule has 0 saturated carbocycles. The minimum absolute atomic E-state index is 0.0704. The minimum Gasteiger partial charge on any atom is -0.340 e. The van der Waals surface area contributed by atoms with Crippen LogP contribution in [0.25, 0.3) is 0 Å². The normalized spacial score (nSPS) is 31.2. The quantitative estimate of drug-likeness (QED) is 0.770. The van der Waals surface area contributed by atoms with Crippen LogP contribution in [0, 0.1) is 0 Å². The van der Waals surface area contributed by atoms with E-state index in [1.807, 2.05) is 11.9 Å². The molecule has 2 aliphatic heterocycles. The van der Waals surface area contributed by atoms with E-state index >= 15 is 0 Å². The van der Waals surface area contributed by atoms with Crippen LogP contribution in [0.4, 0.5) is 0 Å². The summed E-state index contributed by atoms with van der Waals surface area (Å²) in [5, 5.41) is 3.35. The Morgan fingerprint density at radius 3 is 2.76 bits per heavy atom. The fourth-order valence-electron chi connectivity index (χ4n) is 2.94. The first kappa shape index (κ1) is 12.8. The van der Waals surface area contributed by atoms with Gasteiger partial charge in [-0.25, -0.2) is 0 Å². The van der Waals surface area contributed by atoms with Crippen molar-refractivity contribution in [2.75, 3.05) is 33.7 Å². The maximum absolute atomic E-state index is 12.3. The second kappa shape index (κ2) is 5.83. The second-order valence-electron chi connectivity index (χ2n) is 5.51. The largest absolute Gasteiger partial charge is 0.340 e. The van der Waals surface area contributed by atoms with Gasteiger partial charge in [0.1, 0.15) is 0 Å². The van der Waals surface area contributed by atoms with Gasteiger partial charge in [-0.2, -0.15) is 0 Å². The summed E-state index contributed by atoms with van der Waals surface area (Å²) in [6.07, 6.45) is 5.75. The molecule has 0 spiro atoms. The van der Waals surface area contributed by atoms with Gasteiger partial charge in [0.25, 0.3) is 0 Å². The zero-order valence-electron chi connectivity index (χ0n) is 11.1. The molecule has 2 heterocycles. The number of likely N-dealkylation sites (N-methyl/N-ethyl adjacent to an activating group) is 2. The third kappa shape index (κ3) is 3.19. The number of carbonyl (C=O) groups is 1. The third-order valence-electron chi connectivity index (χ3n) is 4.10. The molecule has 2 rings (SSSR count). The zero-order valence-corrected chi connectivity index (χ0v) is 11.1. The Labute approximate surface area is 104 Å². The molecule has 0 aliphatic carbocycles. The van der Waals surface area contributed by atoms with E-state index in [1.54, 1.807) is 0 Å². The van der Waals surface area contributed by atoms with Crippen LogP contribution >= 0.6 is 0 Å². The lowest BCUT2D eigenvalue weighted by Crippen LogP contribution is -2.53. The molecule has 4 heteroatoms. The summed E-state index contributed by atoms with van der Waals surface area (Å²) in [6, 6.07) is 0.478. The monoisotopic (exact) mass is 239 g/mol. The average Bonchev–Trinajstić information content (AvgIpc) is 2.38. The van der Waals surface area contributed by atoms with E-state index in [9.17, 15) is 4.79 Å². The molecule has 2 fully saturated rings. The molecule has 0 aromatic rings. The Balaban J connectivity index is 1.89. The van der Waals surface area contributed by atoms with Gasteiger partial charge in [0, 0.05) is 19.6 Å². The fourth-order valence-corrected chi connectivity index (χ4v) is 2.94. The molecule has 17 heavy (non-hydrogen) atoms. The Morgan fingerprint density at radius 2 is 2.12 bits per heavy atom. The van der Waals surface area contributed by atoms with Crippen LogP contribution in [0.5, 0.6) is 0 Å². The van der Waals surface area contributed by atoms with E-state index in [2.05, 4.69) is 17.3 Å². The first-order valence-electron chi connectivity index (χ1n) is 6.87. The van der Waals surface area contributed by atoms with Crippen molar-refractivity contribution in [3.63, 3.8) is 0 Å². The van der Waals surface area contributed by atoms with Crippen molar-refractivity contribution in [1.82, 2.24) is 15.1 Å². The Bertz CT molecular complexity index is 263. The maximum Gasteiger partial charge on any atom is 0.239 e. The van der Waals surface area contributed by atoms with Gasteiger partial charge >= 0.3 is 0 Å². The molecule has 0 radical (unpaired) electrons. The molecule has 98 valence electrons. The van der Waals surface area contributed by atoms with Crippen LogP contribution in [0.15, 0.2) is 0 Å². The molecule has 0 aromatic heterocycles. The number of piperidine rings is 2. The maximum atomic E-state index is 12.3. The summed E-state index contributed by atoms with van der Waals surface area (Å²) in [6.45, 7) is 3.18. The van der Waals surface area contributed by atoms with Crippen molar-refractivity contribution in [1.29, 1.82) is 0 Å². The van der Waals surface area contributed by atoms with E-state index in [4.69, 9.17) is 0 Å². The Morgan fingerprint density at radius 1 is 1.29 bits per heavy atom. The molecule has 2 saturated heterocycles. The molecule has 0 aromatic carbocycles. The summed E-state index contributed by atoms with van der Waals surface area (Å²) in [7, 11) is 4.12. The minimum atomic E-state index is 0.0704. The highest BCUT2D eigenvalue weighted by atomic mass is 16.2. The number of nitrogens with one attached hydrogen (secondary N) is 1. The lowest BCUT2D eigenvalue weighted by molar-refractivity contribution is -0.135. The van der Waals surface area contributed by atoms with Gasteiger partial charge < -0.3 is 15.1 Å². The molecular formula is C13H25N3O. The summed E-state index contributed by atoms with van der Waals surface area (Å²) >= 11 is 0. The van der Waals surface area contributed by atoms with Crippen molar-refractivity contribution in [2.24, 2.45) is 0 Å². The highest BCUT2D eigenvalue weighted by Gasteiger charge is 2.29. The van der Waals surface area contributed by atoms with Gasteiger partial charge in [-0.05, 0) is 45.8 Å². The van der Waals surface area contributed by atoms with E-state index in [0.717, 1.165) is 25.9 Å². The van der Waals surface area contributed by atoms with Crippen LogP contribution in [0.2, 0.25) is 0 Å². The number of carbonyl (C=O) groups excluding carboxylic acids is 1. The highest BCUT2D eigenvalue weighted by molar-refractivity contribution is 5.82. The van der Waals surface area contributed by atoms with Crippen molar-refractivity contribution >= 4 is 5.91 Å². The SMILES string of the molecule is CN1CCCC(N(C)C(=O)[C@@H]2CCCCN2)C1. The summed E-state index contributed by atoms with van der Waals surface area (Å²) in [5.74, 6) is 0.296. The molecular weight excluding hydrogens is 214 g/mol. The zero-order chi connectivity index (χ0) is 12.3. The van der Waals surface area contributed by atoms with Gasteiger partial charge in [0.15, 0.2) is 0 Å². The van der Waals surface area contributed by atoms with Gasteiger partial charge in [-0.15, -0.1) is 0 Å². The number of hydrogen-bond acceptors (Lipinski definition) is 3. The molecule has 0 bridgehead atoms. The van der Waals surface area contributed by atoms with E-state index in [1.165, 1.54) is 25.8 Å². The Hall–Kier alpha value is -0.610. The molecule has 1 unspecified atom stereocenters. The number of nitrogens with zero attached hydrogens (tertiary/aromatic N) is 2. The van der Waals surface area contributed by atoms with Crippen molar-refractivity contribution < 1.29 is 4.79 Å². The number of amides is 1. The van der Waals surface area contributed by atoms with Crippen LogP contribution in [-0.2, 0) is 4.79 Å². The fraction of sp³-hybridized carbons (Fsp3) is 0.923. The number of hydrogen-bond donors (Lipinski definition) is 1. The van der Waals surface area contributed by atoms with Crippen LogP contribution in [-0.4, -0.2) is 61.5 Å². The van der Waals surface area contributed by atoms with Crippen LogP contribution in [0.1, 0.15) is 32.1 Å². The first-order chi connectivity index (χ1) is 8.18. The van der Waals surface area contributed by atoms with Gasteiger partial charge in [-0.3, -0.25) is 4.79 Å². The predicted molar refractivity (Wildman–Crippen MR) is 68.9 cm³/mol. The first-order valence-corrected chi connectivity index (χ1v) is 6.87. The van der Waals surface area contributed by atoms with E-state index in [-0.39, 0.29) is 6.04 Å². The topological polar surface area (TPSA) is 35.6 Å². The van der Waals surface area contributed by atoms with Gasteiger partial charge in [0.2, 0.25) is 5.91 Å². The van der Waals surface area contributed by atoms with E-state index < -0.39 is 0 Å². The van der Waals surface area contributed by atoms with Crippen LogP contribution in [0.3, 0.4) is 0 Å². The number of rotatable bonds is 2. The molecule has 1 amide bonds. The van der Waals surface area contributed by atoms with Crippen molar-refractivity contribution in [3.8, 4) is 0 Å². The summed E-state index contributed by atoms with van der Waals surface area (Å²) in [5.41, 5.74) is 0. The van der Waals surface area contributed by atoms with Crippen molar-refractivity contribution in [2.45, 2.75) is 44.2 Å². The van der Waals surface area contributed by atoms with Gasteiger partial charge in [0.05, 0.1) is 6.04 Å². The van der Waals surface area contributed by atoms with Crippen LogP contribution < -0.4 is 5.32 Å². The molecule has 1 N–H and O–H groups in total.